The molecule has 1 amide bonds. The van der Waals surface area contributed by atoms with Gasteiger partial charge in [-0.25, -0.2) is 4.39 Å². The summed E-state index contributed by atoms with van der Waals surface area (Å²) in [4.78, 5) is 10.5. The second-order valence-electron chi connectivity index (χ2n) is 5.91. The first-order valence-corrected chi connectivity index (χ1v) is 8.85. The molecule has 0 aromatic heterocycles. The lowest BCUT2D eigenvalue weighted by molar-refractivity contribution is -0.124. The van der Waals surface area contributed by atoms with Crippen LogP contribution in [0.3, 0.4) is 0 Å². The lowest BCUT2D eigenvalue weighted by Gasteiger charge is -2.13. The fraction of sp³-hybridized carbons (Fsp3) is 0.286. The Balaban J connectivity index is 2.24. The van der Waals surface area contributed by atoms with Crippen molar-refractivity contribution in [2.75, 3.05) is 19.8 Å². The van der Waals surface area contributed by atoms with Crippen LogP contribution in [0, 0.1) is 5.82 Å². The molecule has 0 spiro atoms. The van der Waals surface area contributed by atoms with Gasteiger partial charge in [-0.3, -0.25) is 4.79 Å². The predicted octanol–water partition coefficient (Wildman–Crippen LogP) is 1.01. The van der Waals surface area contributed by atoms with Gasteiger partial charge in [-0.15, -0.1) is 0 Å². The van der Waals surface area contributed by atoms with E-state index in [0.717, 1.165) is 0 Å². The van der Waals surface area contributed by atoms with Gasteiger partial charge in [0.1, 0.15) is 43.1 Å². The molecule has 0 fully saturated rings. The van der Waals surface area contributed by atoms with E-state index in [0.29, 0.717) is 5.75 Å². The largest absolute Gasteiger partial charge is 0.491 e. The van der Waals surface area contributed by atoms with Crippen LogP contribution in [-0.4, -0.2) is 59.4 Å². The van der Waals surface area contributed by atoms with Crippen molar-refractivity contribution >= 4 is 5.91 Å². The number of aliphatic hydroxyl groups excluding tert-OH is 3. The minimum atomic E-state index is -1.17. The number of rotatable bonds is 13. The molecule has 1 aromatic carbocycles. The van der Waals surface area contributed by atoms with Gasteiger partial charge in [-0.1, -0.05) is 48.6 Å². The fourth-order valence-electron chi connectivity index (χ4n) is 1.90. The number of allylic oxidation sites excluding steroid dienone is 6. The smallest absolute Gasteiger partial charge is 0.243 e. The van der Waals surface area contributed by atoms with Gasteiger partial charge in [0.2, 0.25) is 5.91 Å². The molecule has 0 saturated carbocycles. The van der Waals surface area contributed by atoms with Crippen LogP contribution in [0.15, 0.2) is 72.9 Å². The number of carbonyl (C=O) groups excluding carboxylic acids is 1. The minimum Gasteiger partial charge on any atom is -0.491 e. The van der Waals surface area contributed by atoms with Crippen molar-refractivity contribution in [2.45, 2.75) is 18.3 Å². The number of nitrogens with two attached hydrogens (primary N) is 1. The minimum absolute atomic E-state index is 0.0396. The van der Waals surface area contributed by atoms with Crippen molar-refractivity contribution in [1.82, 2.24) is 0 Å². The van der Waals surface area contributed by atoms with Gasteiger partial charge in [0.05, 0.1) is 6.61 Å². The molecule has 3 atom stereocenters. The summed E-state index contributed by atoms with van der Waals surface area (Å²) in [7, 11) is 0. The second kappa shape index (κ2) is 14.3. The summed E-state index contributed by atoms with van der Waals surface area (Å²) in [5, 5.41) is 29.1. The van der Waals surface area contributed by atoms with E-state index in [1.807, 2.05) is 0 Å². The lowest BCUT2D eigenvalue weighted by atomic mass is 10.2. The van der Waals surface area contributed by atoms with Crippen molar-refractivity contribution in [2.24, 2.45) is 5.73 Å². The fourth-order valence-corrected chi connectivity index (χ4v) is 1.90. The molecule has 158 valence electrons. The van der Waals surface area contributed by atoms with E-state index in [2.05, 4.69) is 0 Å². The Morgan fingerprint density at radius 2 is 1.55 bits per heavy atom. The Hall–Kier alpha value is -2.78. The topological polar surface area (TPSA) is 122 Å². The Morgan fingerprint density at radius 1 is 0.966 bits per heavy atom. The number of hydrogen-bond acceptors (Lipinski definition) is 6. The Bertz CT molecular complexity index is 714. The second-order valence-corrected chi connectivity index (χ2v) is 5.91. The summed E-state index contributed by atoms with van der Waals surface area (Å²) >= 11 is 0. The molecule has 8 heteroatoms. The van der Waals surface area contributed by atoms with Crippen LogP contribution < -0.4 is 10.5 Å². The summed E-state index contributed by atoms with van der Waals surface area (Å²) in [5.41, 5.74) is 4.89. The highest BCUT2D eigenvalue weighted by Gasteiger charge is 2.13. The zero-order chi connectivity index (χ0) is 21.5. The van der Waals surface area contributed by atoms with Crippen molar-refractivity contribution in [1.29, 1.82) is 0 Å². The highest BCUT2D eigenvalue weighted by atomic mass is 19.1. The zero-order valence-electron chi connectivity index (χ0n) is 15.8. The molecule has 1 rings (SSSR count). The highest BCUT2D eigenvalue weighted by Crippen LogP contribution is 2.11. The quantitative estimate of drug-likeness (QED) is 0.362. The van der Waals surface area contributed by atoms with Crippen LogP contribution in [0.4, 0.5) is 4.39 Å². The zero-order valence-corrected chi connectivity index (χ0v) is 15.8. The van der Waals surface area contributed by atoms with E-state index in [4.69, 9.17) is 15.2 Å². The maximum atomic E-state index is 12.8. The van der Waals surface area contributed by atoms with Gasteiger partial charge >= 0.3 is 0 Å². The maximum absolute atomic E-state index is 12.8. The average Bonchev–Trinajstić information content (AvgIpc) is 2.69. The summed E-state index contributed by atoms with van der Waals surface area (Å²) in [6.45, 7) is -0.493. The van der Waals surface area contributed by atoms with Crippen molar-refractivity contribution in [3.8, 4) is 5.75 Å². The number of ether oxygens (including phenoxy) is 2. The monoisotopic (exact) mass is 407 g/mol. The third-order valence-electron chi connectivity index (χ3n) is 3.36. The number of amides is 1. The molecule has 0 aliphatic carbocycles. The Morgan fingerprint density at radius 3 is 2.17 bits per heavy atom. The SMILES string of the molecule is NC(=O)COC[C@H](O)[C@H](O)C=CC=CC=CC=C[C@H](O)COc1ccc(F)cc1. The molecule has 1 aromatic rings. The number of benzene rings is 1. The summed E-state index contributed by atoms with van der Waals surface area (Å²) < 4.78 is 22.9. The molecule has 0 unspecified atom stereocenters. The molecule has 0 heterocycles. The van der Waals surface area contributed by atoms with Gasteiger partial charge < -0.3 is 30.5 Å². The van der Waals surface area contributed by atoms with Crippen LogP contribution in [0.5, 0.6) is 5.75 Å². The van der Waals surface area contributed by atoms with Gasteiger partial charge in [-0.2, -0.15) is 0 Å². The van der Waals surface area contributed by atoms with Gasteiger partial charge in [0, 0.05) is 0 Å². The van der Waals surface area contributed by atoms with Crippen LogP contribution >= 0.6 is 0 Å². The van der Waals surface area contributed by atoms with E-state index in [1.54, 1.807) is 36.5 Å². The van der Waals surface area contributed by atoms with Crippen LogP contribution in [-0.2, 0) is 9.53 Å². The van der Waals surface area contributed by atoms with Crippen LogP contribution in [0.2, 0.25) is 0 Å². The number of carbonyl (C=O) groups is 1. The molecule has 0 radical (unpaired) electrons. The molecule has 29 heavy (non-hydrogen) atoms. The molecule has 7 nitrogen and oxygen atoms in total. The third-order valence-corrected chi connectivity index (χ3v) is 3.36. The van der Waals surface area contributed by atoms with E-state index in [-0.39, 0.29) is 25.6 Å². The maximum Gasteiger partial charge on any atom is 0.243 e. The Kier molecular flexibility index (Phi) is 11.9. The molecular formula is C21H26FNO6. The summed E-state index contributed by atoms with van der Waals surface area (Å²) in [6.07, 6.45) is 9.67. The average molecular weight is 407 g/mol. The molecule has 0 aliphatic heterocycles. The van der Waals surface area contributed by atoms with Crippen LogP contribution in [0.1, 0.15) is 0 Å². The first-order valence-electron chi connectivity index (χ1n) is 8.85. The standard InChI is InChI=1S/C21H26FNO6/c22-16-9-11-18(12-10-16)29-13-17(24)7-5-3-1-2-4-6-8-19(25)20(26)14-28-15-21(23)27/h1-12,17,19-20,24-26H,13-15H2,(H2,23,27)/t17-,19+,20-/m0/s1. The summed E-state index contributed by atoms with van der Waals surface area (Å²) in [6, 6.07) is 5.51. The van der Waals surface area contributed by atoms with Gasteiger partial charge in [0.25, 0.3) is 0 Å². The highest BCUT2D eigenvalue weighted by molar-refractivity contribution is 5.74. The molecular weight excluding hydrogens is 381 g/mol. The first-order chi connectivity index (χ1) is 13.9. The molecule has 0 bridgehead atoms. The molecule has 0 aliphatic rings. The molecule has 5 N–H and O–H groups in total. The van der Waals surface area contributed by atoms with Crippen molar-refractivity contribution in [3.63, 3.8) is 0 Å². The van der Waals surface area contributed by atoms with Crippen molar-refractivity contribution in [3.05, 3.63) is 78.7 Å². The van der Waals surface area contributed by atoms with E-state index < -0.39 is 24.2 Å². The van der Waals surface area contributed by atoms with E-state index >= 15 is 0 Å². The summed E-state index contributed by atoms with van der Waals surface area (Å²) in [5.74, 6) is -0.541. The van der Waals surface area contributed by atoms with Crippen LogP contribution in [0.25, 0.3) is 0 Å². The van der Waals surface area contributed by atoms with E-state index in [1.165, 1.54) is 36.4 Å². The normalized spacial score (nSPS) is 15.4. The number of primary amides is 1. The molecule has 0 saturated heterocycles. The number of aliphatic hydroxyl groups is 3. The van der Waals surface area contributed by atoms with Gasteiger partial charge in [-0.05, 0) is 24.3 Å². The predicted molar refractivity (Wildman–Crippen MR) is 106 cm³/mol. The van der Waals surface area contributed by atoms with E-state index in [9.17, 15) is 24.5 Å². The van der Waals surface area contributed by atoms with Gasteiger partial charge in [0.15, 0.2) is 0 Å². The first kappa shape index (κ1) is 24.3. The Labute approximate surface area is 168 Å². The lowest BCUT2D eigenvalue weighted by Crippen LogP contribution is -2.30. The third kappa shape index (κ3) is 12.3. The number of halogens is 1. The van der Waals surface area contributed by atoms with Crippen molar-refractivity contribution < 1.29 is 34.0 Å². The number of hydrogen-bond donors (Lipinski definition) is 4.